The van der Waals surface area contributed by atoms with E-state index in [4.69, 9.17) is 0 Å². The van der Waals surface area contributed by atoms with Crippen LogP contribution in [0, 0.1) is 0 Å². The van der Waals surface area contributed by atoms with Gasteiger partial charge in [0.2, 0.25) is 0 Å². The molecule has 0 saturated carbocycles. The highest BCUT2D eigenvalue weighted by atomic mass is 32.1. The van der Waals surface area contributed by atoms with E-state index >= 15 is 0 Å². The van der Waals surface area contributed by atoms with E-state index < -0.39 is 19.1 Å². The van der Waals surface area contributed by atoms with Gasteiger partial charge in [-0.05, 0) is 17.9 Å². The van der Waals surface area contributed by atoms with Gasteiger partial charge in [0.05, 0.1) is 6.10 Å². The molecule has 0 saturated heterocycles. The van der Waals surface area contributed by atoms with Crippen molar-refractivity contribution in [2.24, 2.45) is 0 Å². The SMILES string of the molecule is OC(CCOCC(F)F)Cc1cccs1. The summed E-state index contributed by atoms with van der Waals surface area (Å²) in [4.78, 5) is 1.09. The molecule has 0 aliphatic heterocycles. The highest BCUT2D eigenvalue weighted by Crippen LogP contribution is 2.12. The second kappa shape index (κ2) is 6.87. The van der Waals surface area contributed by atoms with E-state index in [-0.39, 0.29) is 6.61 Å². The number of halogens is 2. The van der Waals surface area contributed by atoms with Crippen molar-refractivity contribution in [3.63, 3.8) is 0 Å². The largest absolute Gasteiger partial charge is 0.393 e. The first-order chi connectivity index (χ1) is 7.18. The van der Waals surface area contributed by atoms with Crippen LogP contribution in [0.3, 0.4) is 0 Å². The van der Waals surface area contributed by atoms with Crippen LogP contribution in [0.15, 0.2) is 17.5 Å². The molecule has 0 aromatic carbocycles. The third kappa shape index (κ3) is 5.81. The zero-order valence-electron chi connectivity index (χ0n) is 8.23. The van der Waals surface area contributed by atoms with E-state index in [0.29, 0.717) is 12.8 Å². The molecule has 0 spiro atoms. The number of ether oxygens (including phenoxy) is 1. The molecule has 1 rings (SSSR count). The van der Waals surface area contributed by atoms with Crippen molar-refractivity contribution in [3.05, 3.63) is 22.4 Å². The zero-order chi connectivity index (χ0) is 11.1. The molecule has 1 aromatic rings. The average molecular weight is 236 g/mol. The van der Waals surface area contributed by atoms with Gasteiger partial charge in [-0.2, -0.15) is 0 Å². The number of aliphatic hydroxyl groups is 1. The molecular weight excluding hydrogens is 222 g/mol. The van der Waals surface area contributed by atoms with Crippen molar-refractivity contribution in [3.8, 4) is 0 Å². The fraction of sp³-hybridized carbons (Fsp3) is 0.600. The maximum absolute atomic E-state index is 11.7. The van der Waals surface area contributed by atoms with E-state index in [2.05, 4.69) is 4.74 Å². The van der Waals surface area contributed by atoms with E-state index in [1.165, 1.54) is 0 Å². The Hall–Kier alpha value is -0.520. The van der Waals surface area contributed by atoms with Gasteiger partial charge in [0.25, 0.3) is 6.43 Å². The summed E-state index contributed by atoms with van der Waals surface area (Å²) >= 11 is 1.57. The third-order valence-electron chi connectivity index (χ3n) is 1.86. The standard InChI is InChI=1S/C10H14F2O2S/c11-10(12)7-14-4-3-8(13)6-9-2-1-5-15-9/h1-2,5,8,10,13H,3-4,6-7H2. The molecule has 0 bridgehead atoms. The van der Waals surface area contributed by atoms with Crippen LogP contribution in [0.5, 0.6) is 0 Å². The lowest BCUT2D eigenvalue weighted by Gasteiger charge is -2.09. The average Bonchev–Trinajstić information content (AvgIpc) is 2.64. The topological polar surface area (TPSA) is 29.5 Å². The molecule has 1 unspecified atom stereocenters. The van der Waals surface area contributed by atoms with Crippen molar-refractivity contribution >= 4 is 11.3 Å². The second-order valence-electron chi connectivity index (χ2n) is 3.19. The molecule has 1 atom stereocenters. The minimum absolute atomic E-state index is 0.177. The van der Waals surface area contributed by atoms with Crippen LogP contribution in [0.2, 0.25) is 0 Å². The summed E-state index contributed by atoms with van der Waals surface area (Å²) in [7, 11) is 0. The van der Waals surface area contributed by atoms with Gasteiger partial charge >= 0.3 is 0 Å². The van der Waals surface area contributed by atoms with Gasteiger partial charge < -0.3 is 9.84 Å². The zero-order valence-corrected chi connectivity index (χ0v) is 9.05. The quantitative estimate of drug-likeness (QED) is 0.736. The maximum atomic E-state index is 11.7. The van der Waals surface area contributed by atoms with Crippen LogP contribution in [0.4, 0.5) is 8.78 Å². The summed E-state index contributed by atoms with van der Waals surface area (Å²) in [6, 6.07) is 3.86. The number of hydrogen-bond acceptors (Lipinski definition) is 3. The van der Waals surface area contributed by atoms with Crippen LogP contribution in [0.1, 0.15) is 11.3 Å². The molecule has 15 heavy (non-hydrogen) atoms. The van der Waals surface area contributed by atoms with Crippen LogP contribution in [-0.2, 0) is 11.2 Å². The van der Waals surface area contributed by atoms with E-state index in [9.17, 15) is 13.9 Å². The van der Waals surface area contributed by atoms with E-state index in [1.807, 2.05) is 17.5 Å². The number of hydrogen-bond donors (Lipinski definition) is 1. The summed E-state index contributed by atoms with van der Waals surface area (Å²) in [5, 5.41) is 11.5. The van der Waals surface area contributed by atoms with E-state index in [1.54, 1.807) is 11.3 Å². The van der Waals surface area contributed by atoms with Gasteiger partial charge in [0.1, 0.15) is 6.61 Å². The van der Waals surface area contributed by atoms with Crippen molar-refractivity contribution in [2.45, 2.75) is 25.4 Å². The predicted molar refractivity (Wildman–Crippen MR) is 55.5 cm³/mol. The van der Waals surface area contributed by atoms with Crippen molar-refractivity contribution < 1.29 is 18.6 Å². The van der Waals surface area contributed by atoms with Gasteiger partial charge in [-0.3, -0.25) is 0 Å². The lowest BCUT2D eigenvalue weighted by Crippen LogP contribution is -2.14. The molecule has 0 amide bonds. The predicted octanol–water partition coefficient (Wildman–Crippen LogP) is 2.32. The molecule has 0 aliphatic rings. The van der Waals surface area contributed by atoms with Crippen LogP contribution in [0.25, 0.3) is 0 Å². The van der Waals surface area contributed by atoms with Gasteiger partial charge in [-0.1, -0.05) is 6.07 Å². The van der Waals surface area contributed by atoms with Crippen molar-refractivity contribution in [1.82, 2.24) is 0 Å². The lowest BCUT2D eigenvalue weighted by molar-refractivity contribution is 0.00519. The Morgan fingerprint density at radius 3 is 2.87 bits per heavy atom. The molecule has 2 nitrogen and oxygen atoms in total. The van der Waals surface area contributed by atoms with Crippen molar-refractivity contribution in [2.75, 3.05) is 13.2 Å². The molecule has 0 aliphatic carbocycles. The Bertz CT molecular complexity index is 252. The first kappa shape index (κ1) is 12.5. The Labute approximate surface area is 91.5 Å². The Morgan fingerprint density at radius 1 is 1.47 bits per heavy atom. The number of thiophene rings is 1. The first-order valence-corrected chi connectivity index (χ1v) is 5.63. The van der Waals surface area contributed by atoms with Crippen LogP contribution < -0.4 is 0 Å². The molecular formula is C10H14F2O2S. The minimum Gasteiger partial charge on any atom is -0.393 e. The Kier molecular flexibility index (Phi) is 5.75. The monoisotopic (exact) mass is 236 g/mol. The Balaban J connectivity index is 2.06. The van der Waals surface area contributed by atoms with Gasteiger partial charge in [0, 0.05) is 17.9 Å². The molecule has 0 fully saturated rings. The third-order valence-corrected chi connectivity index (χ3v) is 2.75. The fourth-order valence-corrected chi connectivity index (χ4v) is 1.93. The summed E-state index contributed by atoms with van der Waals surface area (Å²) < 4.78 is 28.0. The number of aliphatic hydroxyl groups excluding tert-OH is 1. The smallest absolute Gasteiger partial charge is 0.261 e. The second-order valence-corrected chi connectivity index (χ2v) is 4.22. The molecule has 86 valence electrons. The lowest BCUT2D eigenvalue weighted by atomic mass is 10.2. The summed E-state index contributed by atoms with van der Waals surface area (Å²) in [5.74, 6) is 0. The van der Waals surface area contributed by atoms with E-state index in [0.717, 1.165) is 4.88 Å². The summed E-state index contributed by atoms with van der Waals surface area (Å²) in [5.41, 5.74) is 0. The molecule has 0 radical (unpaired) electrons. The highest BCUT2D eigenvalue weighted by Gasteiger charge is 2.07. The fourth-order valence-electron chi connectivity index (χ4n) is 1.15. The molecule has 5 heteroatoms. The normalized spacial score (nSPS) is 13.3. The summed E-state index contributed by atoms with van der Waals surface area (Å²) in [6.45, 7) is -0.372. The summed E-state index contributed by atoms with van der Waals surface area (Å²) in [6.07, 6.45) is -1.99. The minimum atomic E-state index is -2.43. The first-order valence-electron chi connectivity index (χ1n) is 4.75. The van der Waals surface area contributed by atoms with Crippen LogP contribution >= 0.6 is 11.3 Å². The van der Waals surface area contributed by atoms with Crippen LogP contribution in [-0.4, -0.2) is 30.8 Å². The number of rotatable bonds is 7. The maximum Gasteiger partial charge on any atom is 0.261 e. The highest BCUT2D eigenvalue weighted by molar-refractivity contribution is 7.09. The van der Waals surface area contributed by atoms with Gasteiger partial charge in [-0.25, -0.2) is 8.78 Å². The van der Waals surface area contributed by atoms with Gasteiger partial charge in [0.15, 0.2) is 0 Å². The molecule has 1 aromatic heterocycles. The number of alkyl halides is 2. The van der Waals surface area contributed by atoms with Gasteiger partial charge in [-0.15, -0.1) is 11.3 Å². The van der Waals surface area contributed by atoms with Crippen molar-refractivity contribution in [1.29, 1.82) is 0 Å². The molecule has 1 N–H and O–H groups in total. The molecule has 1 heterocycles. The Morgan fingerprint density at radius 2 is 2.27 bits per heavy atom.